The van der Waals surface area contributed by atoms with Crippen molar-refractivity contribution in [3.05, 3.63) is 59.4 Å². The van der Waals surface area contributed by atoms with Crippen molar-refractivity contribution in [3.63, 3.8) is 0 Å². The van der Waals surface area contributed by atoms with Crippen molar-refractivity contribution in [2.45, 2.75) is 26.6 Å². The second kappa shape index (κ2) is 5.65. The third-order valence-corrected chi connectivity index (χ3v) is 2.83. The molecule has 1 heterocycles. The molecule has 0 saturated heterocycles. The molecule has 0 aliphatic rings. The highest BCUT2D eigenvalue weighted by Gasteiger charge is 2.04. The Hall–Kier alpha value is -1.87. The highest BCUT2D eigenvalue weighted by Crippen LogP contribution is 2.19. The van der Waals surface area contributed by atoms with Gasteiger partial charge < -0.3 is 9.84 Å². The third kappa shape index (κ3) is 3.08. The van der Waals surface area contributed by atoms with Gasteiger partial charge in [0, 0.05) is 6.20 Å². The second-order valence-corrected chi connectivity index (χ2v) is 4.30. The Labute approximate surface area is 107 Å². The van der Waals surface area contributed by atoms with Crippen LogP contribution < -0.4 is 4.74 Å². The first kappa shape index (κ1) is 12.6. The number of benzene rings is 1. The molecule has 0 radical (unpaired) electrons. The van der Waals surface area contributed by atoms with Crippen molar-refractivity contribution in [2.24, 2.45) is 0 Å². The molecule has 0 saturated carbocycles. The van der Waals surface area contributed by atoms with E-state index >= 15 is 0 Å². The van der Waals surface area contributed by atoms with Crippen molar-refractivity contribution < 1.29 is 9.84 Å². The molecule has 0 spiro atoms. The predicted molar refractivity (Wildman–Crippen MR) is 70.4 cm³/mol. The summed E-state index contributed by atoms with van der Waals surface area (Å²) >= 11 is 0. The number of rotatable bonds is 4. The molecule has 0 aliphatic carbocycles. The fraction of sp³-hybridized carbons (Fsp3) is 0.267. The average Bonchev–Trinajstić information content (AvgIpc) is 2.38. The number of hydrogen-bond donors (Lipinski definition) is 1. The van der Waals surface area contributed by atoms with Crippen LogP contribution in [0.2, 0.25) is 0 Å². The topological polar surface area (TPSA) is 42.4 Å². The largest absolute Gasteiger partial charge is 0.487 e. The van der Waals surface area contributed by atoms with Crippen molar-refractivity contribution in [2.75, 3.05) is 0 Å². The summed E-state index contributed by atoms with van der Waals surface area (Å²) in [5, 5.41) is 9.51. The molecule has 0 aliphatic heterocycles. The third-order valence-electron chi connectivity index (χ3n) is 2.83. The van der Waals surface area contributed by atoms with Crippen molar-refractivity contribution in [1.29, 1.82) is 0 Å². The first-order valence-corrected chi connectivity index (χ1v) is 5.98. The summed E-state index contributed by atoms with van der Waals surface area (Å²) in [6, 6.07) is 11.4. The molecule has 3 heteroatoms. The van der Waals surface area contributed by atoms with Gasteiger partial charge in [0.25, 0.3) is 0 Å². The van der Waals surface area contributed by atoms with Gasteiger partial charge in [0.1, 0.15) is 12.4 Å². The number of aryl methyl sites for hydroxylation is 1. The van der Waals surface area contributed by atoms with Crippen LogP contribution in [0.3, 0.4) is 0 Å². The van der Waals surface area contributed by atoms with Crippen LogP contribution in [0.4, 0.5) is 0 Å². The molecule has 2 rings (SSSR count). The first-order chi connectivity index (χ1) is 8.66. The Morgan fingerprint density at radius 2 is 2.11 bits per heavy atom. The molecule has 2 aromatic rings. The first-order valence-electron chi connectivity index (χ1n) is 5.98. The zero-order valence-corrected chi connectivity index (χ0v) is 10.6. The average molecular weight is 243 g/mol. The van der Waals surface area contributed by atoms with E-state index in [9.17, 15) is 5.11 Å². The molecule has 1 N–H and O–H groups in total. The summed E-state index contributed by atoms with van der Waals surface area (Å²) in [5.41, 5.74) is 2.90. The molecule has 0 amide bonds. The lowest BCUT2D eigenvalue weighted by Crippen LogP contribution is -2.01. The molecule has 18 heavy (non-hydrogen) atoms. The maximum atomic E-state index is 9.51. The van der Waals surface area contributed by atoms with Gasteiger partial charge in [0.15, 0.2) is 0 Å². The molecule has 1 atom stereocenters. The lowest BCUT2D eigenvalue weighted by molar-refractivity contribution is 0.198. The van der Waals surface area contributed by atoms with Crippen molar-refractivity contribution in [3.8, 4) is 5.75 Å². The molecule has 1 aromatic carbocycles. The molecule has 3 nitrogen and oxygen atoms in total. The number of aliphatic hydroxyl groups is 1. The lowest BCUT2D eigenvalue weighted by atomic mass is 10.1. The summed E-state index contributed by atoms with van der Waals surface area (Å²) in [4.78, 5) is 4.28. The van der Waals surface area contributed by atoms with Crippen LogP contribution >= 0.6 is 0 Å². The normalized spacial score (nSPS) is 12.2. The highest BCUT2D eigenvalue weighted by molar-refractivity contribution is 5.30. The van der Waals surface area contributed by atoms with Crippen LogP contribution in [-0.4, -0.2) is 10.1 Å². The van der Waals surface area contributed by atoms with Gasteiger partial charge >= 0.3 is 0 Å². The minimum atomic E-state index is -0.481. The van der Waals surface area contributed by atoms with E-state index in [-0.39, 0.29) is 0 Å². The zero-order valence-electron chi connectivity index (χ0n) is 10.6. The Morgan fingerprint density at radius 3 is 2.83 bits per heavy atom. The Bertz CT molecular complexity index is 523. The Kier molecular flexibility index (Phi) is 3.95. The van der Waals surface area contributed by atoms with Crippen LogP contribution in [0.1, 0.15) is 29.8 Å². The van der Waals surface area contributed by atoms with Gasteiger partial charge in [-0.05, 0) is 43.2 Å². The lowest BCUT2D eigenvalue weighted by Gasteiger charge is -2.10. The van der Waals surface area contributed by atoms with Gasteiger partial charge in [-0.25, -0.2) is 0 Å². The van der Waals surface area contributed by atoms with E-state index in [1.54, 1.807) is 13.1 Å². The molecule has 0 fully saturated rings. The highest BCUT2D eigenvalue weighted by atomic mass is 16.5. The molecule has 0 bridgehead atoms. The van der Waals surface area contributed by atoms with Crippen LogP contribution in [0.5, 0.6) is 5.75 Å². The second-order valence-electron chi connectivity index (χ2n) is 4.30. The van der Waals surface area contributed by atoms with Gasteiger partial charge in [0.05, 0.1) is 11.8 Å². The van der Waals surface area contributed by atoms with Gasteiger partial charge in [-0.15, -0.1) is 0 Å². The smallest absolute Gasteiger partial charge is 0.130 e. The maximum Gasteiger partial charge on any atom is 0.130 e. The quantitative estimate of drug-likeness (QED) is 0.897. The summed E-state index contributed by atoms with van der Waals surface area (Å²) in [7, 11) is 0. The van der Waals surface area contributed by atoms with Crippen LogP contribution in [-0.2, 0) is 6.61 Å². The number of nitrogens with zero attached hydrogens (tertiary/aromatic N) is 1. The zero-order chi connectivity index (χ0) is 13.0. The SMILES string of the molecule is Cc1cccnc1COc1cccc(C(C)O)c1. The molecule has 1 unspecified atom stereocenters. The molecule has 94 valence electrons. The van der Waals surface area contributed by atoms with E-state index in [2.05, 4.69) is 4.98 Å². The minimum Gasteiger partial charge on any atom is -0.487 e. The molecule has 1 aromatic heterocycles. The van der Waals surface area contributed by atoms with Gasteiger partial charge in [-0.1, -0.05) is 18.2 Å². The van der Waals surface area contributed by atoms with E-state index in [1.807, 2.05) is 43.3 Å². The number of hydrogen-bond acceptors (Lipinski definition) is 3. The van der Waals surface area contributed by atoms with Crippen LogP contribution in [0.25, 0.3) is 0 Å². The number of aromatic nitrogens is 1. The fourth-order valence-electron chi connectivity index (χ4n) is 1.69. The number of pyridine rings is 1. The predicted octanol–water partition coefficient (Wildman–Crippen LogP) is 3.02. The minimum absolute atomic E-state index is 0.440. The fourth-order valence-corrected chi connectivity index (χ4v) is 1.69. The van der Waals surface area contributed by atoms with E-state index < -0.39 is 6.10 Å². The summed E-state index contributed by atoms with van der Waals surface area (Å²) < 4.78 is 5.69. The van der Waals surface area contributed by atoms with Gasteiger partial charge in [-0.3, -0.25) is 4.98 Å². The van der Waals surface area contributed by atoms with E-state index in [4.69, 9.17) is 4.74 Å². The number of aliphatic hydroxyl groups excluding tert-OH is 1. The van der Waals surface area contributed by atoms with E-state index in [1.165, 1.54) is 0 Å². The number of ether oxygens (including phenoxy) is 1. The summed E-state index contributed by atoms with van der Waals surface area (Å²) in [6.45, 7) is 4.19. The van der Waals surface area contributed by atoms with Crippen LogP contribution in [0, 0.1) is 6.92 Å². The molecular formula is C15H17NO2. The summed E-state index contributed by atoms with van der Waals surface area (Å²) in [6.07, 6.45) is 1.28. The Morgan fingerprint density at radius 1 is 1.28 bits per heavy atom. The van der Waals surface area contributed by atoms with E-state index in [0.29, 0.717) is 6.61 Å². The van der Waals surface area contributed by atoms with Gasteiger partial charge in [-0.2, -0.15) is 0 Å². The van der Waals surface area contributed by atoms with Crippen molar-refractivity contribution >= 4 is 0 Å². The van der Waals surface area contributed by atoms with Crippen LogP contribution in [0.15, 0.2) is 42.6 Å². The van der Waals surface area contributed by atoms with Crippen molar-refractivity contribution in [1.82, 2.24) is 4.98 Å². The van der Waals surface area contributed by atoms with Gasteiger partial charge in [0.2, 0.25) is 0 Å². The monoisotopic (exact) mass is 243 g/mol. The standard InChI is InChI=1S/C15H17NO2/c1-11-5-4-8-16-15(11)10-18-14-7-3-6-13(9-14)12(2)17/h3-9,12,17H,10H2,1-2H3. The summed E-state index contributed by atoms with van der Waals surface area (Å²) in [5.74, 6) is 0.749. The Balaban J connectivity index is 2.07. The molecular weight excluding hydrogens is 226 g/mol. The van der Waals surface area contributed by atoms with E-state index in [0.717, 1.165) is 22.6 Å². The maximum absolute atomic E-state index is 9.51.